The van der Waals surface area contributed by atoms with Gasteiger partial charge < -0.3 is 33.2 Å². The summed E-state index contributed by atoms with van der Waals surface area (Å²) in [5.41, 5.74) is -0.0891. The Balaban J connectivity index is 3.89. The van der Waals surface area contributed by atoms with Crippen LogP contribution in [-0.4, -0.2) is 66.7 Å². The molecule has 1 aromatic carbocycles. The van der Waals surface area contributed by atoms with E-state index in [1.54, 1.807) is 0 Å². The Hall–Kier alpha value is -4.49. The highest BCUT2D eigenvalue weighted by Gasteiger charge is 2.45. The lowest BCUT2D eigenvalue weighted by molar-refractivity contribution is -0.203. The van der Waals surface area contributed by atoms with E-state index in [0.717, 1.165) is 54.5 Å². The molecule has 0 aromatic heterocycles. The zero-order valence-corrected chi connectivity index (χ0v) is 22.5. The van der Waals surface area contributed by atoms with E-state index >= 15 is 0 Å². The van der Waals surface area contributed by atoms with E-state index in [-0.39, 0.29) is 17.1 Å². The van der Waals surface area contributed by atoms with Gasteiger partial charge in [-0.2, -0.15) is 0 Å². The summed E-state index contributed by atoms with van der Waals surface area (Å²) in [6, 6.07) is 3.66. The molecule has 0 aliphatic heterocycles. The number of hydrogen-bond acceptors (Lipinski definition) is 14. The second kappa shape index (κ2) is 15.1. The molecule has 0 saturated heterocycles. The van der Waals surface area contributed by atoms with Crippen molar-refractivity contribution in [3.63, 3.8) is 0 Å². The maximum Gasteiger partial charge on any atom is 0.308 e. The summed E-state index contributed by atoms with van der Waals surface area (Å²) in [5.74, 6) is -6.22. The summed E-state index contributed by atoms with van der Waals surface area (Å²) in [6.07, 6.45) is -6.66. The molecule has 214 valence electrons. The predicted molar refractivity (Wildman–Crippen MR) is 127 cm³/mol. The van der Waals surface area contributed by atoms with E-state index in [9.17, 15) is 33.6 Å². The molecular weight excluding hydrogens is 524 g/mol. The Morgan fingerprint density at radius 3 is 1.56 bits per heavy atom. The fourth-order valence-corrected chi connectivity index (χ4v) is 3.36. The van der Waals surface area contributed by atoms with Crippen molar-refractivity contribution in [2.75, 3.05) is 6.61 Å². The average molecular weight is 555 g/mol. The molecule has 0 radical (unpaired) electrons. The minimum atomic E-state index is -1.75. The third kappa shape index (κ3) is 11.6. The third-order valence-corrected chi connectivity index (χ3v) is 4.46. The summed E-state index contributed by atoms with van der Waals surface area (Å²) in [7, 11) is 0. The first-order valence-corrected chi connectivity index (χ1v) is 11.4. The van der Waals surface area contributed by atoms with Gasteiger partial charge in [0, 0.05) is 60.1 Å². The van der Waals surface area contributed by atoms with Crippen LogP contribution in [0.1, 0.15) is 60.1 Å². The van der Waals surface area contributed by atoms with Crippen molar-refractivity contribution in [2.45, 2.75) is 72.9 Å². The van der Waals surface area contributed by atoms with Crippen LogP contribution in [0.2, 0.25) is 0 Å². The molecule has 0 aliphatic rings. The van der Waals surface area contributed by atoms with Crippen molar-refractivity contribution in [3.05, 3.63) is 23.8 Å². The monoisotopic (exact) mass is 554 g/mol. The van der Waals surface area contributed by atoms with Crippen molar-refractivity contribution in [1.82, 2.24) is 0 Å². The van der Waals surface area contributed by atoms with Crippen LogP contribution in [0.4, 0.5) is 0 Å². The van der Waals surface area contributed by atoms with Gasteiger partial charge in [0.25, 0.3) is 0 Å². The number of esters is 7. The van der Waals surface area contributed by atoms with Crippen LogP contribution in [0.3, 0.4) is 0 Å². The van der Waals surface area contributed by atoms with Crippen LogP contribution >= 0.6 is 0 Å². The first-order chi connectivity index (χ1) is 18.1. The highest BCUT2D eigenvalue weighted by molar-refractivity contribution is 5.73. The summed E-state index contributed by atoms with van der Waals surface area (Å²) >= 11 is 0. The standard InChI is InChI=1S/C25H30O14/c1-12(26)33-11-22(36-15(4)29)24(38-17(6)31)25(39-18(7)32)23(37-16(5)30)20-9-8-19(34-13(2)27)10-21(20)35-14(3)28/h8-10,22-25H,11H2,1-7H3/t22-,23+,24-,25+/m1/s1. The predicted octanol–water partition coefficient (Wildman–Crippen LogP) is 1.50. The second-order valence-corrected chi connectivity index (χ2v) is 8.02. The van der Waals surface area contributed by atoms with Crippen molar-refractivity contribution >= 4 is 41.8 Å². The molecule has 0 fully saturated rings. The first kappa shape index (κ1) is 32.5. The topological polar surface area (TPSA) is 184 Å². The third-order valence-electron chi connectivity index (χ3n) is 4.46. The molecule has 0 N–H and O–H groups in total. The molecule has 0 spiro atoms. The number of rotatable bonds is 12. The molecule has 4 atom stereocenters. The summed E-state index contributed by atoms with van der Waals surface area (Å²) in [6.45, 7) is 6.72. The average Bonchev–Trinajstić information content (AvgIpc) is 2.76. The van der Waals surface area contributed by atoms with Gasteiger partial charge >= 0.3 is 41.8 Å². The van der Waals surface area contributed by atoms with Gasteiger partial charge in [-0.3, -0.25) is 33.6 Å². The molecule has 1 aromatic rings. The van der Waals surface area contributed by atoms with E-state index in [1.165, 1.54) is 12.1 Å². The molecule has 0 unspecified atom stereocenters. The van der Waals surface area contributed by atoms with E-state index < -0.39 is 72.8 Å². The highest BCUT2D eigenvalue weighted by Crippen LogP contribution is 2.37. The van der Waals surface area contributed by atoms with Gasteiger partial charge in [0.1, 0.15) is 18.1 Å². The van der Waals surface area contributed by atoms with E-state index in [1.807, 2.05) is 0 Å². The highest BCUT2D eigenvalue weighted by atomic mass is 16.6. The maximum atomic E-state index is 12.2. The van der Waals surface area contributed by atoms with Crippen LogP contribution in [0.25, 0.3) is 0 Å². The van der Waals surface area contributed by atoms with E-state index in [4.69, 9.17) is 33.2 Å². The Kier molecular flexibility index (Phi) is 12.6. The SMILES string of the molecule is CC(=O)OC[C@@H](OC(C)=O)[C@@H](OC(C)=O)[C@@H](OC(C)=O)[C@@H](OC(C)=O)c1ccc(OC(C)=O)cc1OC(C)=O. The maximum absolute atomic E-state index is 12.2. The number of ether oxygens (including phenoxy) is 7. The fraction of sp³-hybridized carbons (Fsp3) is 0.480. The van der Waals surface area contributed by atoms with Crippen LogP contribution in [-0.2, 0) is 57.2 Å². The molecule has 0 saturated carbocycles. The van der Waals surface area contributed by atoms with Crippen molar-refractivity contribution in [3.8, 4) is 11.5 Å². The van der Waals surface area contributed by atoms with Crippen molar-refractivity contribution in [1.29, 1.82) is 0 Å². The number of benzene rings is 1. The van der Waals surface area contributed by atoms with Gasteiger partial charge in [-0.1, -0.05) is 0 Å². The van der Waals surface area contributed by atoms with Gasteiger partial charge in [-0.05, 0) is 12.1 Å². The normalized spacial score (nSPS) is 13.4. The van der Waals surface area contributed by atoms with Gasteiger partial charge in [0.15, 0.2) is 24.4 Å². The molecule has 1 rings (SSSR count). The zero-order valence-electron chi connectivity index (χ0n) is 22.5. The van der Waals surface area contributed by atoms with Crippen molar-refractivity contribution in [2.24, 2.45) is 0 Å². The largest absolute Gasteiger partial charge is 0.462 e. The lowest BCUT2D eigenvalue weighted by atomic mass is 9.95. The lowest BCUT2D eigenvalue weighted by Crippen LogP contribution is -2.50. The zero-order chi connectivity index (χ0) is 29.9. The van der Waals surface area contributed by atoms with Crippen LogP contribution in [0, 0.1) is 0 Å². The van der Waals surface area contributed by atoms with E-state index in [2.05, 4.69) is 0 Å². The van der Waals surface area contributed by atoms with Crippen LogP contribution in [0.15, 0.2) is 18.2 Å². The van der Waals surface area contributed by atoms with Gasteiger partial charge in [-0.25, -0.2) is 0 Å². The number of hydrogen-bond donors (Lipinski definition) is 0. The Labute approximate surface area is 223 Å². The second-order valence-electron chi connectivity index (χ2n) is 8.02. The molecular formula is C25H30O14. The quantitative estimate of drug-likeness (QED) is 0.206. The minimum Gasteiger partial charge on any atom is -0.462 e. The van der Waals surface area contributed by atoms with Crippen LogP contribution < -0.4 is 9.47 Å². The molecule has 0 amide bonds. The Bertz CT molecular complexity index is 1110. The molecule has 0 bridgehead atoms. The number of carbonyl (C=O) groups is 7. The molecule has 39 heavy (non-hydrogen) atoms. The van der Waals surface area contributed by atoms with Gasteiger partial charge in [0.2, 0.25) is 0 Å². The molecule has 0 heterocycles. The van der Waals surface area contributed by atoms with E-state index in [0.29, 0.717) is 0 Å². The molecule has 14 nitrogen and oxygen atoms in total. The van der Waals surface area contributed by atoms with Crippen LogP contribution in [0.5, 0.6) is 11.5 Å². The Morgan fingerprint density at radius 1 is 0.590 bits per heavy atom. The smallest absolute Gasteiger partial charge is 0.308 e. The number of carbonyl (C=O) groups excluding carboxylic acids is 7. The van der Waals surface area contributed by atoms with Gasteiger partial charge in [0.05, 0.1) is 0 Å². The molecule has 14 heteroatoms. The minimum absolute atomic E-state index is 0.0442. The first-order valence-electron chi connectivity index (χ1n) is 11.4. The summed E-state index contributed by atoms with van der Waals surface area (Å²) in [4.78, 5) is 83.0. The summed E-state index contributed by atoms with van der Waals surface area (Å²) in [5, 5.41) is 0. The lowest BCUT2D eigenvalue weighted by Gasteiger charge is -2.35. The fourth-order valence-electron chi connectivity index (χ4n) is 3.36. The van der Waals surface area contributed by atoms with Crippen molar-refractivity contribution < 1.29 is 66.7 Å². The molecule has 0 aliphatic carbocycles. The summed E-state index contributed by atoms with van der Waals surface area (Å²) < 4.78 is 36.6. The Morgan fingerprint density at radius 2 is 1.10 bits per heavy atom. The van der Waals surface area contributed by atoms with Gasteiger partial charge in [-0.15, -0.1) is 0 Å².